The normalized spacial score (nSPS) is 12.0. The van der Waals surface area contributed by atoms with Crippen LogP contribution in [0.3, 0.4) is 0 Å². The van der Waals surface area contributed by atoms with Crippen LogP contribution in [0.1, 0.15) is 13.8 Å². The first-order chi connectivity index (χ1) is 6.93. The average Bonchev–Trinajstić information content (AvgIpc) is 2.15. The first kappa shape index (κ1) is 12.1. The Morgan fingerprint density at radius 3 is 2.47 bits per heavy atom. The van der Waals surface area contributed by atoms with E-state index in [9.17, 15) is 12.8 Å². The third-order valence-electron chi connectivity index (χ3n) is 1.81. The molecule has 0 fully saturated rings. The number of hydrogen-bond donors (Lipinski definition) is 1. The Labute approximate surface area is 89.4 Å². The van der Waals surface area contributed by atoms with Crippen molar-refractivity contribution in [3.8, 4) is 0 Å². The van der Waals surface area contributed by atoms with Crippen LogP contribution >= 0.6 is 0 Å². The van der Waals surface area contributed by atoms with Crippen LogP contribution in [0.5, 0.6) is 0 Å². The lowest BCUT2D eigenvalue weighted by atomic mass is 10.2. The molecule has 0 spiro atoms. The van der Waals surface area contributed by atoms with E-state index < -0.39 is 15.8 Å². The van der Waals surface area contributed by atoms with Crippen LogP contribution in [-0.4, -0.2) is 15.0 Å². The van der Waals surface area contributed by atoms with E-state index in [4.69, 9.17) is 0 Å². The molecule has 0 amide bonds. The van der Waals surface area contributed by atoms with Gasteiger partial charge >= 0.3 is 0 Å². The predicted octanol–water partition coefficient (Wildman–Crippen LogP) is 1.76. The average molecular weight is 231 g/mol. The largest absolute Gasteiger partial charge is 0.243 e. The highest BCUT2D eigenvalue weighted by Crippen LogP contribution is 2.13. The molecule has 0 saturated heterocycles. The molecule has 1 rings (SSSR count). The van der Waals surface area contributed by atoms with Crippen molar-refractivity contribution in [2.45, 2.75) is 18.7 Å². The molecule has 0 radical (unpaired) electrons. The molecular weight excluding hydrogens is 217 g/mol. The highest BCUT2D eigenvalue weighted by atomic mass is 32.2. The molecule has 0 aliphatic rings. The molecule has 3 nitrogen and oxygen atoms in total. The van der Waals surface area contributed by atoms with Crippen LogP contribution in [0.15, 0.2) is 29.2 Å². The van der Waals surface area contributed by atoms with E-state index in [1.165, 1.54) is 18.2 Å². The summed E-state index contributed by atoms with van der Waals surface area (Å²) in [6.45, 7) is 4.06. The van der Waals surface area contributed by atoms with E-state index in [0.29, 0.717) is 6.54 Å². The van der Waals surface area contributed by atoms with Gasteiger partial charge in [0.25, 0.3) is 0 Å². The zero-order valence-corrected chi connectivity index (χ0v) is 9.51. The fraction of sp³-hybridized carbons (Fsp3) is 0.400. The number of halogens is 1. The summed E-state index contributed by atoms with van der Waals surface area (Å²) in [7, 11) is -3.71. The Kier molecular flexibility index (Phi) is 3.82. The molecule has 0 saturated carbocycles. The van der Waals surface area contributed by atoms with E-state index >= 15 is 0 Å². The minimum absolute atomic E-state index is 0.187. The summed E-state index contributed by atoms with van der Waals surface area (Å²) in [6, 6.07) is 5.33. The summed E-state index contributed by atoms with van der Waals surface area (Å²) in [4.78, 5) is -0.300. The van der Waals surface area contributed by atoms with Crippen molar-refractivity contribution in [1.29, 1.82) is 0 Å². The van der Waals surface area contributed by atoms with Crippen molar-refractivity contribution in [2.24, 2.45) is 5.92 Å². The summed E-state index contributed by atoms with van der Waals surface area (Å²) in [5.41, 5.74) is 0. The second-order valence-corrected chi connectivity index (χ2v) is 5.41. The third kappa shape index (κ3) is 3.28. The van der Waals surface area contributed by atoms with Crippen LogP contribution in [0.25, 0.3) is 0 Å². The van der Waals surface area contributed by atoms with E-state index in [0.717, 1.165) is 6.07 Å². The molecule has 0 heterocycles. The van der Waals surface area contributed by atoms with Gasteiger partial charge in [-0.2, -0.15) is 0 Å². The molecule has 0 unspecified atom stereocenters. The number of sulfonamides is 1. The fourth-order valence-electron chi connectivity index (χ4n) is 1.02. The molecule has 15 heavy (non-hydrogen) atoms. The standard InChI is InChI=1S/C10H14FNO2S/c1-8(2)7-12-15(13,14)10-6-4-3-5-9(10)11/h3-6,8,12H,7H2,1-2H3. The quantitative estimate of drug-likeness (QED) is 0.858. The van der Waals surface area contributed by atoms with Gasteiger partial charge in [-0.15, -0.1) is 0 Å². The molecule has 1 aromatic rings. The molecule has 0 atom stereocenters. The smallest absolute Gasteiger partial charge is 0.211 e. The minimum Gasteiger partial charge on any atom is -0.211 e. The van der Waals surface area contributed by atoms with Gasteiger partial charge in [-0.1, -0.05) is 26.0 Å². The molecule has 0 aliphatic heterocycles. The zero-order chi connectivity index (χ0) is 11.5. The van der Waals surface area contributed by atoms with Gasteiger partial charge in [-0.25, -0.2) is 17.5 Å². The highest BCUT2D eigenvalue weighted by molar-refractivity contribution is 7.89. The van der Waals surface area contributed by atoms with Crippen molar-refractivity contribution in [1.82, 2.24) is 4.72 Å². The maximum atomic E-state index is 13.2. The number of hydrogen-bond acceptors (Lipinski definition) is 2. The molecule has 1 N–H and O–H groups in total. The monoisotopic (exact) mass is 231 g/mol. The van der Waals surface area contributed by atoms with Crippen molar-refractivity contribution in [3.05, 3.63) is 30.1 Å². The van der Waals surface area contributed by atoms with Crippen molar-refractivity contribution in [2.75, 3.05) is 6.54 Å². The van der Waals surface area contributed by atoms with Gasteiger partial charge in [0, 0.05) is 6.54 Å². The third-order valence-corrected chi connectivity index (χ3v) is 3.26. The molecule has 0 aliphatic carbocycles. The van der Waals surface area contributed by atoms with E-state index in [-0.39, 0.29) is 10.8 Å². The van der Waals surface area contributed by atoms with Gasteiger partial charge in [0.1, 0.15) is 10.7 Å². The molecular formula is C10H14FNO2S. The van der Waals surface area contributed by atoms with Crippen molar-refractivity contribution in [3.63, 3.8) is 0 Å². The van der Waals surface area contributed by atoms with Gasteiger partial charge in [0.15, 0.2) is 0 Å². The fourth-order valence-corrected chi connectivity index (χ4v) is 2.31. The SMILES string of the molecule is CC(C)CNS(=O)(=O)c1ccccc1F. The second kappa shape index (κ2) is 4.72. The van der Waals surface area contributed by atoms with Crippen LogP contribution < -0.4 is 4.72 Å². The summed E-state index contributed by atoms with van der Waals surface area (Å²) in [6.07, 6.45) is 0. The molecule has 84 valence electrons. The number of benzene rings is 1. The summed E-state index contributed by atoms with van der Waals surface area (Å²) >= 11 is 0. The van der Waals surface area contributed by atoms with E-state index in [1.54, 1.807) is 0 Å². The number of rotatable bonds is 4. The second-order valence-electron chi connectivity index (χ2n) is 3.68. The minimum atomic E-state index is -3.71. The Morgan fingerprint density at radius 1 is 1.33 bits per heavy atom. The zero-order valence-electron chi connectivity index (χ0n) is 8.70. The lowest BCUT2D eigenvalue weighted by Gasteiger charge is -2.09. The maximum Gasteiger partial charge on any atom is 0.243 e. The van der Waals surface area contributed by atoms with Gasteiger partial charge in [0.2, 0.25) is 10.0 Å². The molecule has 0 bridgehead atoms. The summed E-state index contributed by atoms with van der Waals surface area (Å²) in [5, 5.41) is 0. The van der Waals surface area contributed by atoms with Gasteiger partial charge in [-0.3, -0.25) is 0 Å². The van der Waals surface area contributed by atoms with Gasteiger partial charge in [0.05, 0.1) is 0 Å². The Balaban J connectivity index is 2.92. The Bertz CT molecular complexity index is 429. The Morgan fingerprint density at radius 2 is 1.93 bits per heavy atom. The summed E-state index contributed by atoms with van der Waals surface area (Å²) < 4.78 is 38.8. The first-order valence-corrected chi connectivity index (χ1v) is 6.16. The van der Waals surface area contributed by atoms with Crippen LogP contribution in [0, 0.1) is 11.7 Å². The van der Waals surface area contributed by atoms with Gasteiger partial charge in [-0.05, 0) is 18.1 Å². The van der Waals surface area contributed by atoms with Crippen molar-refractivity contribution >= 4 is 10.0 Å². The first-order valence-electron chi connectivity index (χ1n) is 4.67. The summed E-state index contributed by atoms with van der Waals surface area (Å²) in [5.74, 6) is -0.541. The van der Waals surface area contributed by atoms with Crippen LogP contribution in [0.2, 0.25) is 0 Å². The number of nitrogens with one attached hydrogen (secondary N) is 1. The predicted molar refractivity (Wildman–Crippen MR) is 56.4 cm³/mol. The van der Waals surface area contributed by atoms with E-state index in [2.05, 4.69) is 4.72 Å². The molecule has 1 aromatic carbocycles. The highest BCUT2D eigenvalue weighted by Gasteiger charge is 2.17. The van der Waals surface area contributed by atoms with Gasteiger partial charge < -0.3 is 0 Å². The Hall–Kier alpha value is -0.940. The molecule has 5 heteroatoms. The topological polar surface area (TPSA) is 46.2 Å². The van der Waals surface area contributed by atoms with Crippen LogP contribution in [0.4, 0.5) is 4.39 Å². The van der Waals surface area contributed by atoms with Crippen molar-refractivity contribution < 1.29 is 12.8 Å². The lowest BCUT2D eigenvalue weighted by molar-refractivity contribution is 0.543. The van der Waals surface area contributed by atoms with E-state index in [1.807, 2.05) is 13.8 Å². The maximum absolute atomic E-state index is 13.2. The molecule has 0 aromatic heterocycles. The lowest BCUT2D eigenvalue weighted by Crippen LogP contribution is -2.28. The van der Waals surface area contributed by atoms with Crippen LogP contribution in [-0.2, 0) is 10.0 Å².